The molecule has 1 atom stereocenters. The van der Waals surface area contributed by atoms with E-state index in [0.29, 0.717) is 25.8 Å². The lowest BCUT2D eigenvalue weighted by Crippen LogP contribution is -2.04. The topological polar surface area (TPSA) is 66.1 Å². The Balaban J connectivity index is 1.26. The van der Waals surface area contributed by atoms with E-state index in [1.807, 2.05) is 55.5 Å². The molecule has 0 spiro atoms. The van der Waals surface area contributed by atoms with Crippen molar-refractivity contribution < 1.29 is 18.7 Å². The molecule has 168 valence electrons. The van der Waals surface area contributed by atoms with Gasteiger partial charge in [-0.2, -0.15) is 0 Å². The second kappa shape index (κ2) is 13.1. The van der Waals surface area contributed by atoms with Crippen molar-refractivity contribution in [2.24, 2.45) is 4.99 Å². The van der Waals surface area contributed by atoms with Crippen LogP contribution in [0.4, 0.5) is 0 Å². The molecule has 1 aliphatic heterocycles. The van der Waals surface area contributed by atoms with E-state index in [2.05, 4.69) is 28.5 Å². The van der Waals surface area contributed by atoms with Gasteiger partial charge in [-0.25, -0.2) is 4.99 Å². The standard InChI is InChI=1S/C26H30N2O4/c1-3-23-20-31-26(27-23)22-13-15-24(16-14-22)29-17-11-9-7-5-4-6-8-10-12-18-30-25-19-21(2)28-32-25/h4,6-7,10,13-16,19,23H,3,9,11-12,17-18,20H2,1-2H3/t5?,8?,23-/m0/s1. The molecule has 32 heavy (non-hydrogen) atoms. The van der Waals surface area contributed by atoms with Gasteiger partial charge in [0.1, 0.15) is 12.4 Å². The SMILES string of the molecule is CC[C@H]1COC(c2ccc(OCCCC=C=CC=C=CCCOc3cc(C)no3)cc2)=N1. The van der Waals surface area contributed by atoms with E-state index in [4.69, 9.17) is 18.7 Å². The van der Waals surface area contributed by atoms with E-state index >= 15 is 0 Å². The van der Waals surface area contributed by atoms with Crippen LogP contribution in [0.5, 0.6) is 11.7 Å². The van der Waals surface area contributed by atoms with Crippen LogP contribution < -0.4 is 9.47 Å². The summed E-state index contributed by atoms with van der Waals surface area (Å²) in [6.45, 7) is 5.84. The van der Waals surface area contributed by atoms with Gasteiger partial charge in [-0.3, -0.25) is 0 Å². The van der Waals surface area contributed by atoms with E-state index in [1.165, 1.54) is 0 Å². The summed E-state index contributed by atoms with van der Waals surface area (Å²) in [5.74, 6) is 2.04. The number of aryl methyl sites for hydroxylation is 1. The minimum Gasteiger partial charge on any atom is -0.494 e. The third-order valence-corrected chi connectivity index (χ3v) is 4.67. The lowest BCUT2D eigenvalue weighted by atomic mass is 10.2. The molecule has 1 aromatic carbocycles. The van der Waals surface area contributed by atoms with E-state index < -0.39 is 0 Å². The quantitative estimate of drug-likeness (QED) is 0.247. The third-order valence-electron chi connectivity index (χ3n) is 4.67. The van der Waals surface area contributed by atoms with Crippen molar-refractivity contribution in [1.29, 1.82) is 0 Å². The number of rotatable bonds is 12. The zero-order valence-electron chi connectivity index (χ0n) is 18.8. The van der Waals surface area contributed by atoms with Crippen LogP contribution in [0, 0.1) is 6.92 Å². The summed E-state index contributed by atoms with van der Waals surface area (Å²) in [4.78, 5) is 4.57. The molecule has 0 unspecified atom stereocenters. The van der Waals surface area contributed by atoms with E-state index in [0.717, 1.165) is 48.6 Å². The highest BCUT2D eigenvalue weighted by molar-refractivity contribution is 5.95. The van der Waals surface area contributed by atoms with Gasteiger partial charge in [0.15, 0.2) is 0 Å². The first kappa shape index (κ1) is 23.2. The highest BCUT2D eigenvalue weighted by Crippen LogP contribution is 2.18. The van der Waals surface area contributed by atoms with Crippen LogP contribution in [0.3, 0.4) is 0 Å². The van der Waals surface area contributed by atoms with Crippen molar-refractivity contribution in [2.75, 3.05) is 19.8 Å². The lowest BCUT2D eigenvalue weighted by Gasteiger charge is -2.06. The lowest BCUT2D eigenvalue weighted by molar-refractivity contribution is 0.217. The number of aromatic nitrogens is 1. The molecule has 2 aromatic rings. The fourth-order valence-electron chi connectivity index (χ4n) is 2.88. The number of allylic oxidation sites excluding steroid dienone is 1. The number of unbranched alkanes of at least 4 members (excludes halogenated alkanes) is 1. The summed E-state index contributed by atoms with van der Waals surface area (Å²) < 4.78 is 21.8. The van der Waals surface area contributed by atoms with Crippen molar-refractivity contribution in [3.63, 3.8) is 0 Å². The molecule has 1 aliphatic rings. The zero-order chi connectivity index (χ0) is 22.4. The van der Waals surface area contributed by atoms with Crippen LogP contribution in [-0.4, -0.2) is 36.9 Å². The molecule has 0 amide bonds. The Morgan fingerprint density at radius 3 is 2.53 bits per heavy atom. The van der Waals surface area contributed by atoms with Gasteiger partial charge >= 0.3 is 5.95 Å². The van der Waals surface area contributed by atoms with Crippen LogP contribution in [0.2, 0.25) is 0 Å². The monoisotopic (exact) mass is 434 g/mol. The average molecular weight is 435 g/mol. The Bertz CT molecular complexity index is 991. The normalized spacial score (nSPS) is 14.4. The minimum atomic E-state index is 0.282. The first-order chi connectivity index (χ1) is 15.7. The molecule has 0 saturated heterocycles. The summed E-state index contributed by atoms with van der Waals surface area (Å²) in [5.41, 5.74) is 8.01. The molecular weight excluding hydrogens is 404 g/mol. The number of hydrogen-bond donors (Lipinski definition) is 0. The largest absolute Gasteiger partial charge is 0.494 e. The fraction of sp³-hybridized carbons (Fsp3) is 0.385. The molecular formula is C26H30N2O4. The smallest absolute Gasteiger partial charge is 0.311 e. The summed E-state index contributed by atoms with van der Waals surface area (Å²) in [5, 5.41) is 3.76. The first-order valence-corrected chi connectivity index (χ1v) is 11.0. The highest BCUT2D eigenvalue weighted by atomic mass is 16.6. The van der Waals surface area contributed by atoms with E-state index in [1.54, 1.807) is 6.07 Å². The molecule has 6 nitrogen and oxygen atoms in total. The molecule has 3 rings (SSSR count). The second-order valence-corrected chi connectivity index (χ2v) is 7.32. The molecule has 0 N–H and O–H groups in total. The minimum absolute atomic E-state index is 0.282. The van der Waals surface area contributed by atoms with Gasteiger partial charge in [0.25, 0.3) is 0 Å². The summed E-state index contributed by atoms with van der Waals surface area (Å²) in [6, 6.07) is 9.96. The fourth-order valence-corrected chi connectivity index (χ4v) is 2.88. The Morgan fingerprint density at radius 2 is 1.84 bits per heavy atom. The Kier molecular flexibility index (Phi) is 9.47. The van der Waals surface area contributed by atoms with Crippen LogP contribution in [0.25, 0.3) is 0 Å². The molecule has 1 aromatic heterocycles. The van der Waals surface area contributed by atoms with Crippen molar-refractivity contribution in [2.45, 2.75) is 45.6 Å². The van der Waals surface area contributed by atoms with E-state index in [-0.39, 0.29) is 6.04 Å². The second-order valence-electron chi connectivity index (χ2n) is 7.32. The van der Waals surface area contributed by atoms with Crippen molar-refractivity contribution in [3.8, 4) is 11.7 Å². The van der Waals surface area contributed by atoms with Gasteiger partial charge in [-0.05, 0) is 74.8 Å². The molecule has 2 heterocycles. The van der Waals surface area contributed by atoms with Crippen LogP contribution in [0.1, 0.15) is 43.9 Å². The maximum absolute atomic E-state index is 5.80. The molecule has 0 bridgehead atoms. The molecule has 6 heteroatoms. The van der Waals surface area contributed by atoms with Gasteiger partial charge in [0.05, 0.1) is 24.9 Å². The predicted octanol–water partition coefficient (Wildman–Crippen LogP) is 5.59. The van der Waals surface area contributed by atoms with Gasteiger partial charge in [-0.1, -0.05) is 12.1 Å². The van der Waals surface area contributed by atoms with Crippen LogP contribution in [0.15, 0.2) is 75.6 Å². The summed E-state index contributed by atoms with van der Waals surface area (Å²) >= 11 is 0. The molecule has 0 aliphatic carbocycles. The summed E-state index contributed by atoms with van der Waals surface area (Å²) in [6.07, 6.45) is 11.2. The highest BCUT2D eigenvalue weighted by Gasteiger charge is 2.18. The average Bonchev–Trinajstić information content (AvgIpc) is 3.46. The molecule has 0 saturated carbocycles. The Labute approximate surface area is 189 Å². The number of hydrogen-bond acceptors (Lipinski definition) is 6. The Hall–Kier alpha value is -3.46. The van der Waals surface area contributed by atoms with Crippen molar-refractivity contribution in [3.05, 3.63) is 77.4 Å². The van der Waals surface area contributed by atoms with Crippen LogP contribution in [-0.2, 0) is 4.74 Å². The van der Waals surface area contributed by atoms with Gasteiger partial charge < -0.3 is 18.7 Å². The van der Waals surface area contributed by atoms with Gasteiger partial charge in [0, 0.05) is 18.1 Å². The van der Waals surface area contributed by atoms with Gasteiger partial charge in [-0.15, -0.1) is 11.5 Å². The summed E-state index contributed by atoms with van der Waals surface area (Å²) in [7, 11) is 0. The predicted molar refractivity (Wildman–Crippen MR) is 124 cm³/mol. The van der Waals surface area contributed by atoms with Crippen LogP contribution >= 0.6 is 0 Å². The third kappa shape index (κ3) is 7.99. The van der Waals surface area contributed by atoms with Crippen molar-refractivity contribution in [1.82, 2.24) is 5.16 Å². The maximum Gasteiger partial charge on any atom is 0.311 e. The number of nitrogens with zero attached hydrogens (tertiary/aromatic N) is 2. The zero-order valence-corrected chi connectivity index (χ0v) is 18.8. The first-order valence-electron chi connectivity index (χ1n) is 11.0. The number of ether oxygens (including phenoxy) is 3. The van der Waals surface area contributed by atoms with Crippen molar-refractivity contribution >= 4 is 5.90 Å². The molecule has 0 radical (unpaired) electrons. The number of aliphatic imine (C=N–C) groups is 1. The maximum atomic E-state index is 5.80. The Morgan fingerprint density at radius 1 is 1.06 bits per heavy atom. The van der Waals surface area contributed by atoms with E-state index in [9.17, 15) is 0 Å². The van der Waals surface area contributed by atoms with Gasteiger partial charge in [0.2, 0.25) is 5.90 Å². The molecule has 0 fully saturated rings. The number of benzene rings is 1.